The lowest BCUT2D eigenvalue weighted by Crippen LogP contribution is -2.04. The average molecular weight is 279 g/mol. The van der Waals surface area contributed by atoms with Crippen LogP contribution in [0.25, 0.3) is 11.1 Å². The zero-order valence-electron chi connectivity index (χ0n) is 11.5. The molecule has 0 N–H and O–H groups in total. The fraction of sp³-hybridized carbons (Fsp3) is 0.267. The van der Waals surface area contributed by atoms with E-state index in [0.717, 1.165) is 16.7 Å². The fourth-order valence-electron chi connectivity index (χ4n) is 2.16. The van der Waals surface area contributed by atoms with Crippen LogP contribution in [0.1, 0.15) is 11.1 Å². The van der Waals surface area contributed by atoms with E-state index < -0.39 is 6.61 Å². The second kappa shape index (κ2) is 5.86. The molecule has 0 fully saturated rings. The second-order valence-electron chi connectivity index (χ2n) is 4.39. The van der Waals surface area contributed by atoms with Gasteiger partial charge in [-0.25, -0.2) is 0 Å². The van der Waals surface area contributed by atoms with E-state index in [-0.39, 0.29) is 5.75 Å². The highest BCUT2D eigenvalue weighted by molar-refractivity contribution is 5.76. The lowest BCUT2D eigenvalue weighted by molar-refractivity contribution is -0.0494. The molecule has 20 heavy (non-hydrogen) atoms. The highest BCUT2D eigenvalue weighted by Crippen LogP contribution is 2.37. The first-order valence-corrected chi connectivity index (χ1v) is 6.07. The van der Waals surface area contributed by atoms with Crippen molar-refractivity contribution >= 4 is 0 Å². The Morgan fingerprint density at radius 1 is 1.10 bits per heavy atom. The lowest BCUT2D eigenvalue weighted by Gasteiger charge is -2.15. The van der Waals surface area contributed by atoms with Gasteiger partial charge < -0.3 is 9.47 Å². The Balaban J connectivity index is 2.63. The van der Waals surface area contributed by atoms with E-state index >= 15 is 0 Å². The number of hydrogen-bond acceptors (Lipinski definition) is 3. The van der Waals surface area contributed by atoms with E-state index in [2.05, 4.69) is 9.72 Å². The smallest absolute Gasteiger partial charge is 0.387 e. The molecule has 0 aliphatic rings. The van der Waals surface area contributed by atoms with Crippen molar-refractivity contribution in [2.75, 3.05) is 7.11 Å². The Bertz CT molecular complexity index is 595. The summed E-state index contributed by atoms with van der Waals surface area (Å²) in [6.07, 6.45) is 3.38. The molecule has 0 amide bonds. The van der Waals surface area contributed by atoms with Gasteiger partial charge in [0.15, 0.2) is 0 Å². The number of aryl methyl sites for hydroxylation is 2. The van der Waals surface area contributed by atoms with E-state index in [9.17, 15) is 8.78 Å². The minimum absolute atomic E-state index is 0.123. The van der Waals surface area contributed by atoms with Crippen molar-refractivity contribution in [1.29, 1.82) is 0 Å². The van der Waals surface area contributed by atoms with Crippen molar-refractivity contribution in [3.05, 3.63) is 41.7 Å². The largest absolute Gasteiger partial charge is 0.497 e. The Kier molecular flexibility index (Phi) is 4.17. The molecule has 1 heterocycles. The SMILES string of the molecule is COc1ccc(OC(F)F)c(-c2c(C)cncc2C)c1. The number of alkyl halides is 2. The number of benzene rings is 1. The molecule has 106 valence electrons. The number of aromatic nitrogens is 1. The molecule has 0 saturated carbocycles. The number of pyridine rings is 1. The van der Waals surface area contributed by atoms with Gasteiger partial charge in [0.25, 0.3) is 0 Å². The van der Waals surface area contributed by atoms with Crippen LogP contribution in [0.3, 0.4) is 0 Å². The summed E-state index contributed by atoms with van der Waals surface area (Å²) >= 11 is 0. The van der Waals surface area contributed by atoms with Crippen LogP contribution in [0.15, 0.2) is 30.6 Å². The summed E-state index contributed by atoms with van der Waals surface area (Å²) in [6.45, 7) is 0.881. The monoisotopic (exact) mass is 279 g/mol. The van der Waals surface area contributed by atoms with Gasteiger partial charge in [-0.15, -0.1) is 0 Å². The van der Waals surface area contributed by atoms with Gasteiger partial charge in [0.05, 0.1) is 7.11 Å². The maximum Gasteiger partial charge on any atom is 0.387 e. The molecule has 0 atom stereocenters. The van der Waals surface area contributed by atoms with Gasteiger partial charge in [-0.1, -0.05) is 0 Å². The summed E-state index contributed by atoms with van der Waals surface area (Å²) in [4.78, 5) is 4.08. The fourth-order valence-corrected chi connectivity index (χ4v) is 2.16. The van der Waals surface area contributed by atoms with Crippen LogP contribution in [-0.4, -0.2) is 18.7 Å². The quantitative estimate of drug-likeness (QED) is 0.848. The second-order valence-corrected chi connectivity index (χ2v) is 4.39. The average Bonchev–Trinajstić information content (AvgIpc) is 2.39. The van der Waals surface area contributed by atoms with Gasteiger partial charge in [0.2, 0.25) is 0 Å². The summed E-state index contributed by atoms with van der Waals surface area (Å²) < 4.78 is 34.8. The van der Waals surface area contributed by atoms with Crippen molar-refractivity contribution in [2.24, 2.45) is 0 Å². The summed E-state index contributed by atoms with van der Waals surface area (Å²) in [6, 6.07) is 4.76. The van der Waals surface area contributed by atoms with Gasteiger partial charge in [0.1, 0.15) is 11.5 Å². The summed E-state index contributed by atoms with van der Waals surface area (Å²) in [7, 11) is 1.53. The molecule has 2 aromatic rings. The molecule has 0 saturated heterocycles. The van der Waals surface area contributed by atoms with Crippen LogP contribution >= 0.6 is 0 Å². The predicted octanol–water partition coefficient (Wildman–Crippen LogP) is 3.98. The number of nitrogens with zero attached hydrogens (tertiary/aromatic N) is 1. The minimum Gasteiger partial charge on any atom is -0.497 e. The minimum atomic E-state index is -2.87. The van der Waals surface area contributed by atoms with Crippen LogP contribution in [0.5, 0.6) is 11.5 Å². The molecule has 2 rings (SSSR count). The van der Waals surface area contributed by atoms with Crippen molar-refractivity contribution in [1.82, 2.24) is 4.98 Å². The van der Waals surface area contributed by atoms with Crippen LogP contribution in [-0.2, 0) is 0 Å². The highest BCUT2D eigenvalue weighted by Gasteiger charge is 2.16. The van der Waals surface area contributed by atoms with Crippen molar-refractivity contribution < 1.29 is 18.3 Å². The zero-order valence-corrected chi connectivity index (χ0v) is 11.5. The molecular formula is C15H15F2NO2. The van der Waals surface area contributed by atoms with Crippen LogP contribution < -0.4 is 9.47 Å². The number of halogens is 2. The number of ether oxygens (including phenoxy) is 2. The molecule has 0 aliphatic carbocycles. The van der Waals surface area contributed by atoms with Crippen molar-refractivity contribution in [3.63, 3.8) is 0 Å². The van der Waals surface area contributed by atoms with Gasteiger partial charge in [-0.2, -0.15) is 8.78 Å². The standard InChI is InChI=1S/C15H15F2NO2/c1-9-7-18-8-10(2)14(9)12-6-11(19-3)4-5-13(12)20-15(16)17/h4-8,15H,1-3H3. The Labute approximate surface area is 116 Å². The topological polar surface area (TPSA) is 31.4 Å². The third-order valence-electron chi connectivity index (χ3n) is 3.00. The van der Waals surface area contributed by atoms with Crippen molar-refractivity contribution in [2.45, 2.75) is 20.5 Å². The Morgan fingerprint density at radius 3 is 2.30 bits per heavy atom. The first-order valence-electron chi connectivity index (χ1n) is 6.07. The Morgan fingerprint density at radius 2 is 1.75 bits per heavy atom. The third kappa shape index (κ3) is 2.87. The Hall–Kier alpha value is -2.17. The molecule has 0 radical (unpaired) electrons. The normalized spacial score (nSPS) is 10.7. The third-order valence-corrected chi connectivity index (χ3v) is 3.00. The summed E-state index contributed by atoms with van der Waals surface area (Å²) in [5, 5.41) is 0. The van der Waals surface area contributed by atoms with Crippen LogP contribution in [0.4, 0.5) is 8.78 Å². The number of methoxy groups -OCH3 is 1. The van der Waals surface area contributed by atoms with Gasteiger partial charge in [0, 0.05) is 18.0 Å². The molecule has 5 heteroatoms. The van der Waals surface area contributed by atoms with Crippen LogP contribution in [0, 0.1) is 13.8 Å². The van der Waals surface area contributed by atoms with Gasteiger partial charge in [-0.3, -0.25) is 4.98 Å². The molecule has 3 nitrogen and oxygen atoms in total. The number of hydrogen-bond donors (Lipinski definition) is 0. The molecule has 1 aromatic carbocycles. The van der Waals surface area contributed by atoms with E-state index in [1.165, 1.54) is 13.2 Å². The molecule has 1 aromatic heterocycles. The van der Waals surface area contributed by atoms with E-state index in [1.54, 1.807) is 24.5 Å². The van der Waals surface area contributed by atoms with E-state index in [4.69, 9.17) is 4.74 Å². The van der Waals surface area contributed by atoms with Gasteiger partial charge >= 0.3 is 6.61 Å². The van der Waals surface area contributed by atoms with E-state index in [0.29, 0.717) is 11.3 Å². The van der Waals surface area contributed by atoms with Crippen LogP contribution in [0.2, 0.25) is 0 Å². The summed E-state index contributed by atoms with van der Waals surface area (Å²) in [5.41, 5.74) is 3.17. The molecule has 0 spiro atoms. The lowest BCUT2D eigenvalue weighted by atomic mass is 9.97. The molecular weight excluding hydrogens is 264 g/mol. The molecule has 0 unspecified atom stereocenters. The first-order chi connectivity index (χ1) is 9.52. The van der Waals surface area contributed by atoms with E-state index in [1.807, 2.05) is 13.8 Å². The first kappa shape index (κ1) is 14.2. The summed E-state index contributed by atoms with van der Waals surface area (Å²) in [5.74, 6) is 0.704. The predicted molar refractivity (Wildman–Crippen MR) is 72.3 cm³/mol. The van der Waals surface area contributed by atoms with Crippen molar-refractivity contribution in [3.8, 4) is 22.6 Å². The maximum atomic E-state index is 12.5. The van der Waals surface area contributed by atoms with Gasteiger partial charge in [-0.05, 0) is 48.7 Å². The maximum absolute atomic E-state index is 12.5. The highest BCUT2D eigenvalue weighted by atomic mass is 19.3. The number of rotatable bonds is 4. The molecule has 0 bridgehead atoms. The zero-order chi connectivity index (χ0) is 14.7. The molecule has 0 aliphatic heterocycles.